The van der Waals surface area contributed by atoms with E-state index in [4.69, 9.17) is 8.85 Å². The molecule has 3 nitrogen and oxygen atoms in total. The number of ether oxygens (including phenoxy) is 1. The summed E-state index contributed by atoms with van der Waals surface area (Å²) < 4.78 is 15.1. The van der Waals surface area contributed by atoms with E-state index in [0.717, 1.165) is 32.1 Å². The molecule has 0 aromatic carbocycles. The van der Waals surface area contributed by atoms with Gasteiger partial charge in [-0.25, -0.2) is 0 Å². The topological polar surface area (TPSA) is 27.7 Å². The molecule has 0 aliphatic carbocycles. The Morgan fingerprint density at radius 3 is 2.69 bits per heavy atom. The van der Waals surface area contributed by atoms with Gasteiger partial charge in [-0.1, -0.05) is 13.3 Å². The summed E-state index contributed by atoms with van der Waals surface area (Å²) in [6.45, 7) is 3.92. The van der Waals surface area contributed by atoms with Crippen molar-refractivity contribution in [1.82, 2.24) is 0 Å². The molecule has 0 bridgehead atoms. The first-order valence-electron chi connectivity index (χ1n) is 4.45. The zero-order valence-corrected chi connectivity index (χ0v) is 11.0. The SMILES string of the molecule is CCCCOCCC[Si]O[Si]O[Si]. The molecule has 0 aromatic rings. The van der Waals surface area contributed by atoms with Crippen molar-refractivity contribution in [2.45, 2.75) is 32.2 Å². The Bertz CT molecular complexity index is 85.1. The van der Waals surface area contributed by atoms with E-state index < -0.39 is 0 Å². The first-order valence-corrected chi connectivity index (χ1v) is 6.79. The molecular weight excluding hydrogens is 216 g/mol. The highest BCUT2D eigenvalue weighted by molar-refractivity contribution is 6.41. The quantitative estimate of drug-likeness (QED) is 0.413. The van der Waals surface area contributed by atoms with Crippen LogP contribution in [0.15, 0.2) is 0 Å². The Labute approximate surface area is 89.1 Å². The standard InChI is InChI=1S/C7H15O3Si3/c1-2-3-5-8-6-4-7-12-10-13-9-11/h2-7H2,1H3. The molecule has 0 heterocycles. The first-order chi connectivity index (χ1) is 6.41. The Hall–Kier alpha value is 0.531. The maximum Gasteiger partial charge on any atom is 0.409 e. The number of hydrogen-bond acceptors (Lipinski definition) is 3. The Morgan fingerprint density at radius 2 is 2.00 bits per heavy atom. The van der Waals surface area contributed by atoms with Crippen LogP contribution in [0, 0.1) is 0 Å². The van der Waals surface area contributed by atoms with Crippen LogP contribution >= 0.6 is 0 Å². The highest BCUT2D eigenvalue weighted by Gasteiger charge is 1.94. The number of unbranched alkanes of at least 4 members (excludes halogenated alkanes) is 1. The minimum atomic E-state index is 0.112. The van der Waals surface area contributed by atoms with Gasteiger partial charge in [0.1, 0.15) is 0 Å². The van der Waals surface area contributed by atoms with Crippen LogP contribution in [0.2, 0.25) is 6.04 Å². The van der Waals surface area contributed by atoms with Crippen molar-refractivity contribution in [2.24, 2.45) is 0 Å². The van der Waals surface area contributed by atoms with Crippen LogP contribution in [-0.2, 0) is 13.0 Å². The predicted molar refractivity (Wildman–Crippen MR) is 54.6 cm³/mol. The van der Waals surface area contributed by atoms with E-state index in [1.807, 2.05) is 0 Å². The summed E-state index contributed by atoms with van der Waals surface area (Å²) in [5.74, 6) is 0. The molecule has 0 aliphatic heterocycles. The summed E-state index contributed by atoms with van der Waals surface area (Å²) in [4.78, 5) is 0. The van der Waals surface area contributed by atoms with E-state index in [2.05, 4.69) is 21.5 Å². The van der Waals surface area contributed by atoms with Gasteiger partial charge in [0.05, 0.1) is 0 Å². The lowest BCUT2D eigenvalue weighted by molar-refractivity contribution is 0.131. The van der Waals surface area contributed by atoms with Crippen LogP contribution in [-0.4, -0.2) is 43.5 Å². The number of hydrogen-bond donors (Lipinski definition) is 0. The second kappa shape index (κ2) is 12.5. The minimum Gasteiger partial charge on any atom is -0.435 e. The van der Waals surface area contributed by atoms with Gasteiger partial charge in [0.2, 0.25) is 20.2 Å². The largest absolute Gasteiger partial charge is 0.435 e. The second-order valence-electron chi connectivity index (χ2n) is 2.50. The van der Waals surface area contributed by atoms with Gasteiger partial charge < -0.3 is 13.0 Å². The summed E-state index contributed by atoms with van der Waals surface area (Å²) in [6, 6.07) is 1.06. The molecule has 0 spiro atoms. The zero-order chi connectivity index (χ0) is 9.78. The van der Waals surface area contributed by atoms with E-state index in [0.29, 0.717) is 9.76 Å². The van der Waals surface area contributed by atoms with E-state index in [9.17, 15) is 0 Å². The van der Waals surface area contributed by atoms with Crippen molar-refractivity contribution in [2.75, 3.05) is 13.2 Å². The van der Waals surface area contributed by atoms with Gasteiger partial charge in [0, 0.05) is 13.2 Å². The molecule has 0 aliphatic rings. The average Bonchev–Trinajstić information content (AvgIpc) is 2.16. The molecule has 0 atom stereocenters. The molecular formula is C7H15O3Si3. The van der Waals surface area contributed by atoms with Gasteiger partial charge in [0.25, 0.3) is 0 Å². The summed E-state index contributed by atoms with van der Waals surface area (Å²) in [7, 11) is 3.51. The molecule has 6 heteroatoms. The molecule has 0 unspecified atom stereocenters. The highest BCUT2D eigenvalue weighted by Crippen LogP contribution is 1.93. The third-order valence-electron chi connectivity index (χ3n) is 1.37. The fourth-order valence-electron chi connectivity index (χ4n) is 0.696. The number of rotatable bonds is 10. The Balaban J connectivity index is 2.76. The molecule has 0 saturated heterocycles. The second-order valence-corrected chi connectivity index (χ2v) is 5.09. The van der Waals surface area contributed by atoms with Crippen molar-refractivity contribution < 1.29 is 13.0 Å². The van der Waals surface area contributed by atoms with E-state index in [1.165, 1.54) is 6.42 Å². The van der Waals surface area contributed by atoms with Gasteiger partial charge in [-0.2, -0.15) is 0 Å². The van der Waals surface area contributed by atoms with Gasteiger partial charge >= 0.3 is 10.0 Å². The Morgan fingerprint density at radius 1 is 1.23 bits per heavy atom. The summed E-state index contributed by atoms with van der Waals surface area (Å²) >= 11 is 0. The van der Waals surface area contributed by atoms with E-state index in [-0.39, 0.29) is 10.0 Å². The third-order valence-corrected chi connectivity index (χ3v) is 3.17. The van der Waals surface area contributed by atoms with Crippen LogP contribution in [0.25, 0.3) is 0 Å². The lowest BCUT2D eigenvalue weighted by Gasteiger charge is -2.02. The zero-order valence-electron chi connectivity index (χ0n) is 7.97. The molecule has 0 amide bonds. The van der Waals surface area contributed by atoms with Crippen molar-refractivity contribution in [3.63, 3.8) is 0 Å². The van der Waals surface area contributed by atoms with E-state index in [1.54, 1.807) is 0 Å². The fourth-order valence-corrected chi connectivity index (χ4v) is 2.17. The summed E-state index contributed by atoms with van der Waals surface area (Å²) in [5.41, 5.74) is 0. The van der Waals surface area contributed by atoms with Crippen molar-refractivity contribution >= 4 is 30.3 Å². The predicted octanol–water partition coefficient (Wildman–Crippen LogP) is 0.882. The van der Waals surface area contributed by atoms with Gasteiger partial charge in [-0.05, 0) is 18.9 Å². The van der Waals surface area contributed by atoms with Gasteiger partial charge in [0.15, 0.2) is 0 Å². The molecule has 13 heavy (non-hydrogen) atoms. The van der Waals surface area contributed by atoms with Crippen molar-refractivity contribution in [3.05, 3.63) is 0 Å². The average molecular weight is 231 g/mol. The van der Waals surface area contributed by atoms with E-state index >= 15 is 0 Å². The first kappa shape index (κ1) is 13.5. The smallest absolute Gasteiger partial charge is 0.409 e. The van der Waals surface area contributed by atoms with Crippen LogP contribution in [0.1, 0.15) is 26.2 Å². The van der Waals surface area contributed by atoms with Gasteiger partial charge in [-0.15, -0.1) is 0 Å². The molecule has 0 fully saturated rings. The van der Waals surface area contributed by atoms with Crippen LogP contribution in [0.3, 0.4) is 0 Å². The fraction of sp³-hybridized carbons (Fsp3) is 1.00. The maximum atomic E-state index is 5.39. The molecule has 7 radical (unpaired) electrons. The minimum absolute atomic E-state index is 0.112. The van der Waals surface area contributed by atoms with Gasteiger partial charge in [-0.3, -0.25) is 0 Å². The normalized spacial score (nSPS) is 10.6. The molecule has 0 saturated carbocycles. The molecule has 73 valence electrons. The molecule has 0 rings (SSSR count). The summed E-state index contributed by atoms with van der Waals surface area (Å²) in [6.07, 6.45) is 3.44. The van der Waals surface area contributed by atoms with Crippen LogP contribution in [0.5, 0.6) is 0 Å². The molecule has 0 N–H and O–H groups in total. The summed E-state index contributed by atoms with van der Waals surface area (Å²) in [5, 5.41) is 0. The van der Waals surface area contributed by atoms with Crippen molar-refractivity contribution in [3.8, 4) is 0 Å². The highest BCUT2D eigenvalue weighted by atomic mass is 28.3. The lowest BCUT2D eigenvalue weighted by Crippen LogP contribution is -2.07. The monoisotopic (exact) mass is 231 g/mol. The van der Waals surface area contributed by atoms with Crippen LogP contribution in [0.4, 0.5) is 0 Å². The maximum absolute atomic E-state index is 5.39. The third kappa shape index (κ3) is 12.5. The Kier molecular flexibility index (Phi) is 13.0. The van der Waals surface area contributed by atoms with Crippen molar-refractivity contribution in [1.29, 1.82) is 0 Å². The lowest BCUT2D eigenvalue weighted by atomic mass is 10.4. The van der Waals surface area contributed by atoms with Crippen LogP contribution < -0.4 is 0 Å². The molecule has 0 aromatic heterocycles.